The fourth-order valence-corrected chi connectivity index (χ4v) is 4.21. The molecule has 0 aromatic heterocycles. The van der Waals surface area contributed by atoms with Gasteiger partial charge in [0.05, 0.1) is 11.6 Å². The lowest BCUT2D eigenvalue weighted by atomic mass is 9.75. The third-order valence-corrected chi connectivity index (χ3v) is 5.66. The van der Waals surface area contributed by atoms with E-state index in [1.807, 2.05) is 42.5 Å². The number of benzene rings is 2. The smallest absolute Gasteiger partial charge is 0.200 e. The van der Waals surface area contributed by atoms with Gasteiger partial charge in [-0.3, -0.25) is 0 Å². The number of hydrogen-bond donors (Lipinski definition) is 3. The number of halogens is 1. The van der Waals surface area contributed by atoms with E-state index in [-0.39, 0.29) is 30.0 Å². The van der Waals surface area contributed by atoms with Crippen LogP contribution in [0, 0.1) is 23.2 Å². The van der Waals surface area contributed by atoms with Crippen LogP contribution in [0.5, 0.6) is 0 Å². The summed E-state index contributed by atoms with van der Waals surface area (Å²) < 4.78 is 5.81. The molecule has 4 atom stereocenters. The number of nitrogens with two attached hydrogens (primary N) is 1. The van der Waals surface area contributed by atoms with Crippen LogP contribution in [0.3, 0.4) is 0 Å². The van der Waals surface area contributed by atoms with E-state index in [0.29, 0.717) is 10.6 Å². The van der Waals surface area contributed by atoms with Gasteiger partial charge in [0.15, 0.2) is 12.1 Å². The summed E-state index contributed by atoms with van der Waals surface area (Å²) in [5, 5.41) is 10.4. The van der Waals surface area contributed by atoms with Gasteiger partial charge in [-0.05, 0) is 36.1 Å². The molecule has 27 heavy (non-hydrogen) atoms. The molecule has 6 heteroatoms. The maximum atomic E-state index is 9.72. The standard InChI is InChI=1S/C21H21ClN4O/c22-15-9-7-14(8-10-15)19-18-16(11-6-13-4-2-1-3-5-13)17(12-23)20(24)27-21(18)26-25-19/h1-5,7-10,16,18-19,21,25-26H,6,11,24H2. The van der Waals surface area contributed by atoms with Crippen LogP contribution in [0.25, 0.3) is 0 Å². The summed E-state index contributed by atoms with van der Waals surface area (Å²) in [7, 11) is 0. The van der Waals surface area contributed by atoms with E-state index in [0.717, 1.165) is 18.4 Å². The first-order valence-corrected chi connectivity index (χ1v) is 9.42. The summed E-state index contributed by atoms with van der Waals surface area (Å²) in [6, 6.07) is 20.4. The number of allylic oxidation sites excluding steroid dienone is 1. The van der Waals surface area contributed by atoms with Gasteiger partial charge < -0.3 is 10.5 Å². The zero-order valence-electron chi connectivity index (χ0n) is 14.7. The molecule has 4 unspecified atom stereocenters. The van der Waals surface area contributed by atoms with Crippen molar-refractivity contribution in [2.45, 2.75) is 25.1 Å². The largest absolute Gasteiger partial charge is 0.458 e. The number of rotatable bonds is 4. The fraction of sp³-hybridized carbons (Fsp3) is 0.286. The Morgan fingerprint density at radius 1 is 1.07 bits per heavy atom. The number of hydrogen-bond acceptors (Lipinski definition) is 5. The molecule has 2 aromatic rings. The van der Waals surface area contributed by atoms with Crippen LogP contribution in [-0.2, 0) is 11.2 Å². The van der Waals surface area contributed by atoms with Gasteiger partial charge in [-0.2, -0.15) is 5.26 Å². The summed E-state index contributed by atoms with van der Waals surface area (Å²) in [4.78, 5) is 0. The van der Waals surface area contributed by atoms with E-state index in [1.54, 1.807) is 0 Å². The Labute approximate surface area is 163 Å². The Bertz CT molecular complexity index is 875. The van der Waals surface area contributed by atoms with Crippen molar-refractivity contribution in [3.8, 4) is 6.07 Å². The lowest BCUT2D eigenvalue weighted by molar-refractivity contribution is 0.0181. The minimum atomic E-state index is -0.274. The van der Waals surface area contributed by atoms with E-state index < -0.39 is 0 Å². The van der Waals surface area contributed by atoms with Crippen LogP contribution in [0.2, 0.25) is 5.02 Å². The summed E-state index contributed by atoms with van der Waals surface area (Å²) in [6.45, 7) is 0. The van der Waals surface area contributed by atoms with E-state index in [2.05, 4.69) is 29.1 Å². The van der Waals surface area contributed by atoms with Crippen LogP contribution in [0.4, 0.5) is 0 Å². The number of ether oxygens (including phenoxy) is 1. The predicted molar refractivity (Wildman–Crippen MR) is 104 cm³/mol. The van der Waals surface area contributed by atoms with Crippen molar-refractivity contribution in [1.82, 2.24) is 10.9 Å². The van der Waals surface area contributed by atoms with E-state index >= 15 is 0 Å². The zero-order valence-corrected chi connectivity index (χ0v) is 15.5. The Morgan fingerprint density at radius 3 is 2.52 bits per heavy atom. The monoisotopic (exact) mass is 380 g/mol. The molecule has 0 amide bonds. The summed E-state index contributed by atoms with van der Waals surface area (Å²) in [5.74, 6) is 0.275. The molecular weight excluding hydrogens is 360 g/mol. The van der Waals surface area contributed by atoms with Gasteiger partial charge in [-0.1, -0.05) is 54.1 Å². The lowest BCUT2D eigenvalue weighted by Gasteiger charge is -2.35. The van der Waals surface area contributed by atoms with Crippen LogP contribution in [-0.4, -0.2) is 6.23 Å². The highest BCUT2D eigenvalue weighted by Crippen LogP contribution is 2.44. The number of nitrogens with zero attached hydrogens (tertiary/aromatic N) is 1. The maximum absolute atomic E-state index is 9.72. The first-order chi connectivity index (χ1) is 13.2. The third-order valence-electron chi connectivity index (χ3n) is 5.41. The number of fused-ring (bicyclic) bond motifs is 1. The van der Waals surface area contributed by atoms with E-state index in [1.165, 1.54) is 5.56 Å². The molecule has 1 fully saturated rings. The highest BCUT2D eigenvalue weighted by Gasteiger charge is 2.48. The average Bonchev–Trinajstić information content (AvgIpc) is 3.10. The summed E-state index contributed by atoms with van der Waals surface area (Å²) >= 11 is 6.04. The molecule has 4 rings (SSSR count). The predicted octanol–water partition coefficient (Wildman–Crippen LogP) is 3.40. The van der Waals surface area contributed by atoms with Crippen molar-refractivity contribution in [3.05, 3.63) is 82.2 Å². The summed E-state index contributed by atoms with van der Waals surface area (Å²) in [6.07, 6.45) is 1.43. The maximum Gasteiger partial charge on any atom is 0.200 e. The molecule has 0 spiro atoms. The Kier molecular flexibility index (Phi) is 5.04. The molecule has 0 saturated carbocycles. The topological polar surface area (TPSA) is 83.1 Å². The molecule has 2 heterocycles. The van der Waals surface area contributed by atoms with Crippen molar-refractivity contribution in [2.24, 2.45) is 17.6 Å². The van der Waals surface area contributed by atoms with Crippen molar-refractivity contribution in [2.75, 3.05) is 0 Å². The van der Waals surface area contributed by atoms with E-state index in [9.17, 15) is 5.26 Å². The van der Waals surface area contributed by atoms with Gasteiger partial charge in [0.1, 0.15) is 6.07 Å². The van der Waals surface area contributed by atoms with E-state index in [4.69, 9.17) is 22.1 Å². The normalized spacial score (nSPS) is 27.0. The van der Waals surface area contributed by atoms with Gasteiger partial charge in [-0.15, -0.1) is 0 Å². The molecule has 5 nitrogen and oxygen atoms in total. The first kappa shape index (κ1) is 17.9. The van der Waals surface area contributed by atoms with Crippen molar-refractivity contribution in [1.29, 1.82) is 5.26 Å². The molecule has 1 saturated heterocycles. The molecular formula is C21H21ClN4O. The SMILES string of the molecule is N#CC1=C(N)OC2NNC(c3ccc(Cl)cc3)C2C1CCc1ccccc1. The molecule has 4 N–H and O–H groups in total. The fourth-order valence-electron chi connectivity index (χ4n) is 4.08. The molecule has 2 aromatic carbocycles. The molecule has 0 radical (unpaired) electrons. The third kappa shape index (κ3) is 3.52. The van der Waals surface area contributed by atoms with Gasteiger partial charge in [-0.25, -0.2) is 10.9 Å². The quantitative estimate of drug-likeness (QED) is 0.757. The molecule has 2 aliphatic rings. The second-order valence-electron chi connectivity index (χ2n) is 6.95. The zero-order chi connectivity index (χ0) is 18.8. The second kappa shape index (κ2) is 7.61. The Hall–Kier alpha value is -2.52. The molecule has 0 aliphatic carbocycles. The van der Waals surface area contributed by atoms with Crippen LogP contribution in [0.15, 0.2) is 66.1 Å². The lowest BCUT2D eigenvalue weighted by Crippen LogP contribution is -2.41. The van der Waals surface area contributed by atoms with Crippen LogP contribution < -0.4 is 16.6 Å². The Balaban J connectivity index is 1.64. The number of nitriles is 1. The highest BCUT2D eigenvalue weighted by atomic mass is 35.5. The Morgan fingerprint density at radius 2 is 1.81 bits per heavy atom. The van der Waals surface area contributed by atoms with Gasteiger partial charge in [0, 0.05) is 16.9 Å². The van der Waals surface area contributed by atoms with Crippen LogP contribution >= 0.6 is 11.6 Å². The average molecular weight is 381 g/mol. The van der Waals surface area contributed by atoms with Crippen molar-refractivity contribution >= 4 is 11.6 Å². The van der Waals surface area contributed by atoms with Gasteiger partial charge >= 0.3 is 0 Å². The molecule has 0 bridgehead atoms. The van der Waals surface area contributed by atoms with Crippen molar-refractivity contribution in [3.63, 3.8) is 0 Å². The van der Waals surface area contributed by atoms with Gasteiger partial charge in [0.2, 0.25) is 0 Å². The molecule has 138 valence electrons. The van der Waals surface area contributed by atoms with Gasteiger partial charge in [0.25, 0.3) is 0 Å². The molecule has 2 aliphatic heterocycles. The number of hydrazine groups is 1. The first-order valence-electron chi connectivity index (χ1n) is 9.04. The second-order valence-corrected chi connectivity index (χ2v) is 7.39. The minimum Gasteiger partial charge on any atom is -0.458 e. The number of nitrogens with one attached hydrogen (secondary N) is 2. The van der Waals surface area contributed by atoms with Crippen molar-refractivity contribution < 1.29 is 4.74 Å². The highest BCUT2D eigenvalue weighted by molar-refractivity contribution is 6.30. The number of aryl methyl sites for hydroxylation is 1. The van der Waals surface area contributed by atoms with Crippen LogP contribution in [0.1, 0.15) is 23.6 Å². The summed E-state index contributed by atoms with van der Waals surface area (Å²) in [5.41, 5.74) is 15.5. The minimum absolute atomic E-state index is 0.00265.